The monoisotopic (exact) mass is 579 g/mol. The summed E-state index contributed by atoms with van der Waals surface area (Å²) in [6.07, 6.45) is 4.22. The van der Waals surface area contributed by atoms with Crippen LogP contribution in [-0.2, 0) is 17.8 Å². The van der Waals surface area contributed by atoms with Gasteiger partial charge in [0.25, 0.3) is 5.91 Å². The molecule has 2 aliphatic carbocycles. The van der Waals surface area contributed by atoms with Crippen molar-refractivity contribution in [1.29, 1.82) is 0 Å². The van der Waals surface area contributed by atoms with E-state index in [9.17, 15) is 14.4 Å². The Balaban J connectivity index is 1.15. The number of ketones is 1. The molecule has 4 heterocycles. The van der Waals surface area contributed by atoms with Crippen LogP contribution >= 0.6 is 0 Å². The summed E-state index contributed by atoms with van der Waals surface area (Å²) < 4.78 is 10.1. The molecule has 43 heavy (non-hydrogen) atoms. The summed E-state index contributed by atoms with van der Waals surface area (Å²) >= 11 is 0. The minimum atomic E-state index is -0.588. The molecule has 3 atom stereocenters. The van der Waals surface area contributed by atoms with Crippen LogP contribution in [0.5, 0.6) is 0 Å². The van der Waals surface area contributed by atoms with Crippen LogP contribution in [0.3, 0.4) is 0 Å². The van der Waals surface area contributed by atoms with Crippen LogP contribution in [0.15, 0.2) is 42.5 Å². The van der Waals surface area contributed by atoms with Crippen molar-refractivity contribution in [2.24, 2.45) is 11.8 Å². The average Bonchev–Trinajstić information content (AvgIpc) is 3.28. The molecule has 2 aromatic carbocycles. The average molecular weight is 580 g/mol. The first-order valence-electron chi connectivity index (χ1n) is 15.6. The number of rotatable bonds is 5. The van der Waals surface area contributed by atoms with E-state index in [0.717, 1.165) is 36.4 Å². The third-order valence-electron chi connectivity index (χ3n) is 9.66. The lowest BCUT2D eigenvalue weighted by atomic mass is 9.99. The van der Waals surface area contributed by atoms with E-state index < -0.39 is 11.7 Å². The van der Waals surface area contributed by atoms with Gasteiger partial charge in [-0.05, 0) is 82.6 Å². The molecule has 2 aromatic heterocycles. The number of nitrogens with one attached hydrogen (secondary N) is 1. The number of nitrogens with zero attached hydrogens (tertiary/aromatic N) is 4. The van der Waals surface area contributed by atoms with Gasteiger partial charge in [-0.2, -0.15) is 0 Å². The van der Waals surface area contributed by atoms with Crippen LogP contribution in [0, 0.1) is 11.8 Å². The maximum atomic E-state index is 14.0. The molecule has 2 aliphatic heterocycles. The number of ether oxygens (including phenoxy) is 1. The van der Waals surface area contributed by atoms with Crippen LogP contribution in [0.1, 0.15) is 73.6 Å². The van der Waals surface area contributed by atoms with E-state index in [-0.39, 0.29) is 29.7 Å². The van der Waals surface area contributed by atoms with Crippen molar-refractivity contribution in [3.63, 3.8) is 0 Å². The molecule has 9 heteroatoms. The molecule has 4 aromatic rings. The van der Waals surface area contributed by atoms with Gasteiger partial charge in [0.2, 0.25) is 0 Å². The molecule has 9 nitrogen and oxygen atoms in total. The van der Waals surface area contributed by atoms with Gasteiger partial charge < -0.3 is 24.1 Å². The van der Waals surface area contributed by atoms with Gasteiger partial charge in [0.1, 0.15) is 5.60 Å². The van der Waals surface area contributed by atoms with E-state index in [2.05, 4.69) is 44.8 Å². The summed E-state index contributed by atoms with van der Waals surface area (Å²) in [5.41, 5.74) is 4.23. The number of aryl methyl sites for hydroxylation is 1. The highest BCUT2D eigenvalue weighted by Gasteiger charge is 2.50. The summed E-state index contributed by atoms with van der Waals surface area (Å²) in [5.74, 6) is 1.66. The van der Waals surface area contributed by atoms with Crippen molar-refractivity contribution in [2.75, 3.05) is 6.54 Å². The molecule has 222 valence electrons. The number of amides is 2. The fourth-order valence-electron chi connectivity index (χ4n) is 7.57. The molecule has 0 radical (unpaired) electrons. The summed E-state index contributed by atoms with van der Waals surface area (Å²) in [5, 5.41) is 4.22. The number of carbonyl (C=O) groups excluding carboxylic acids is 3. The van der Waals surface area contributed by atoms with Crippen molar-refractivity contribution in [3.05, 3.63) is 53.6 Å². The lowest BCUT2D eigenvalue weighted by Crippen LogP contribution is -2.46. The molecule has 8 rings (SSSR count). The molecular weight excluding hydrogens is 542 g/mol. The van der Waals surface area contributed by atoms with Gasteiger partial charge in [-0.3, -0.25) is 9.59 Å². The van der Waals surface area contributed by atoms with Gasteiger partial charge in [0, 0.05) is 48.1 Å². The minimum absolute atomic E-state index is 0.0459. The van der Waals surface area contributed by atoms with Crippen LogP contribution in [0.2, 0.25) is 0 Å². The van der Waals surface area contributed by atoms with E-state index in [1.807, 2.05) is 31.7 Å². The largest absolute Gasteiger partial charge is 0.444 e. The number of Topliss-reactive ketones (excluding diaryl/α,β-unsaturated/α-hetero) is 1. The third-order valence-corrected chi connectivity index (χ3v) is 9.66. The summed E-state index contributed by atoms with van der Waals surface area (Å²) in [7, 11) is 0. The van der Waals surface area contributed by atoms with E-state index in [0.29, 0.717) is 42.1 Å². The molecule has 3 unspecified atom stereocenters. The lowest BCUT2D eigenvalue weighted by molar-refractivity contribution is 0.0485. The van der Waals surface area contributed by atoms with Crippen LogP contribution < -0.4 is 5.32 Å². The van der Waals surface area contributed by atoms with Crippen molar-refractivity contribution in [3.8, 4) is 11.5 Å². The van der Waals surface area contributed by atoms with Crippen LogP contribution in [0.25, 0.3) is 33.5 Å². The fourth-order valence-corrected chi connectivity index (χ4v) is 7.57. The van der Waals surface area contributed by atoms with E-state index in [4.69, 9.17) is 9.72 Å². The van der Waals surface area contributed by atoms with Gasteiger partial charge >= 0.3 is 6.09 Å². The minimum Gasteiger partial charge on any atom is -0.444 e. The van der Waals surface area contributed by atoms with Crippen molar-refractivity contribution in [1.82, 2.24) is 24.3 Å². The fraction of sp³-hybridized carbons (Fsp3) is 0.471. The first-order chi connectivity index (χ1) is 20.6. The molecule has 1 saturated heterocycles. The number of piperidine rings is 1. The maximum Gasteiger partial charge on any atom is 0.407 e. The smallest absolute Gasteiger partial charge is 0.407 e. The highest BCUT2D eigenvalue weighted by molar-refractivity contribution is 6.11. The predicted octanol–water partition coefficient (Wildman–Crippen LogP) is 5.78. The number of hydrogen-bond acceptors (Lipinski definition) is 5. The quantitative estimate of drug-likeness (QED) is 0.323. The highest BCUT2D eigenvalue weighted by atomic mass is 16.6. The predicted molar refractivity (Wildman–Crippen MR) is 163 cm³/mol. The zero-order valence-electron chi connectivity index (χ0n) is 24.9. The number of imidazole rings is 1. The zero-order valence-corrected chi connectivity index (χ0v) is 24.9. The van der Waals surface area contributed by atoms with E-state index in [1.54, 1.807) is 6.07 Å². The Bertz CT molecular complexity index is 1820. The molecule has 3 fully saturated rings. The van der Waals surface area contributed by atoms with Gasteiger partial charge in [-0.25, -0.2) is 9.78 Å². The van der Waals surface area contributed by atoms with Crippen LogP contribution in [0.4, 0.5) is 4.79 Å². The Morgan fingerprint density at radius 3 is 2.67 bits per heavy atom. The Morgan fingerprint density at radius 1 is 1.07 bits per heavy atom. The number of carbonyl (C=O) groups is 3. The maximum absolute atomic E-state index is 14.0. The van der Waals surface area contributed by atoms with Crippen molar-refractivity contribution >= 4 is 39.7 Å². The van der Waals surface area contributed by atoms with Gasteiger partial charge in [0.15, 0.2) is 11.6 Å². The Hall–Kier alpha value is -4.14. The number of para-hydroxylation sites is 1. The molecular formula is C34H37N5O4. The van der Waals surface area contributed by atoms with E-state index >= 15 is 0 Å². The molecule has 0 spiro atoms. The normalized spacial score (nSPS) is 23.0. The zero-order chi connectivity index (χ0) is 29.6. The third kappa shape index (κ3) is 4.43. The Labute approximate surface area is 250 Å². The summed E-state index contributed by atoms with van der Waals surface area (Å²) in [4.78, 5) is 46.8. The first kappa shape index (κ1) is 26.5. The SMILES string of the molecule is CC(C)(C)OC(=O)NC1C2CCC1N(C(=O)c1cc3c4c(c1)nc(-c1cc5ccccc5n1CC1CC1)n4CCC3=O)C2. The summed E-state index contributed by atoms with van der Waals surface area (Å²) in [6.45, 7) is 7.63. The molecule has 4 aliphatic rings. The first-order valence-corrected chi connectivity index (χ1v) is 15.6. The molecule has 1 N–H and O–H groups in total. The second-order valence-corrected chi connectivity index (χ2v) is 13.8. The van der Waals surface area contributed by atoms with Gasteiger partial charge in [-0.15, -0.1) is 0 Å². The number of aromatic nitrogens is 3. The molecule has 2 saturated carbocycles. The number of likely N-dealkylation sites (tertiary alicyclic amines) is 1. The molecule has 2 bridgehead atoms. The van der Waals surface area contributed by atoms with Crippen LogP contribution in [-0.4, -0.2) is 61.0 Å². The second kappa shape index (κ2) is 9.43. The van der Waals surface area contributed by atoms with Gasteiger partial charge in [0.05, 0.1) is 28.8 Å². The number of hydrogen-bond donors (Lipinski definition) is 1. The lowest BCUT2D eigenvalue weighted by Gasteiger charge is -2.28. The van der Waals surface area contributed by atoms with Crippen molar-refractivity contribution in [2.45, 2.75) is 83.6 Å². The van der Waals surface area contributed by atoms with Gasteiger partial charge in [-0.1, -0.05) is 18.2 Å². The number of fused-ring (bicyclic) bond motifs is 3. The standard InChI is InChI=1S/C34H37N5O4/c1-34(2,3)43-33(42)36-29-21-10-11-26(29)39(18-21)32(41)22-14-23-28(40)12-13-37-30(23)24(15-22)35-31(37)27-16-20-6-4-5-7-25(20)38(27)17-19-8-9-19/h4-7,14-16,19,21,26,29H,8-13,17-18H2,1-3H3,(H,36,42). The summed E-state index contributed by atoms with van der Waals surface area (Å²) in [6, 6.07) is 14.1. The number of alkyl carbamates (subject to hydrolysis) is 1. The Kier molecular flexibility index (Phi) is 5.81. The van der Waals surface area contributed by atoms with E-state index in [1.165, 1.54) is 23.7 Å². The highest BCUT2D eigenvalue weighted by Crippen LogP contribution is 2.41. The topological polar surface area (TPSA) is 98.5 Å². The Morgan fingerprint density at radius 2 is 1.88 bits per heavy atom. The number of benzene rings is 2. The molecule has 2 amide bonds. The second-order valence-electron chi connectivity index (χ2n) is 13.8. The van der Waals surface area contributed by atoms with Crippen molar-refractivity contribution < 1.29 is 19.1 Å².